The third kappa shape index (κ3) is 3.27. The molecule has 17 heavy (non-hydrogen) atoms. The topological polar surface area (TPSA) is 84.6 Å². The van der Waals surface area contributed by atoms with Gasteiger partial charge in [0.1, 0.15) is 17.2 Å². The SMILES string of the molecule is Nc1c(O)cccc1OCCC(=O)NC1CC1. The lowest BCUT2D eigenvalue weighted by molar-refractivity contribution is -0.121. The Bertz CT molecular complexity index is 416. The van der Waals surface area contributed by atoms with Crippen molar-refractivity contribution < 1.29 is 14.6 Å². The summed E-state index contributed by atoms with van der Waals surface area (Å²) >= 11 is 0. The van der Waals surface area contributed by atoms with E-state index in [1.54, 1.807) is 12.1 Å². The molecule has 1 aromatic carbocycles. The van der Waals surface area contributed by atoms with Crippen LogP contribution < -0.4 is 15.8 Å². The molecular formula is C12H16N2O3. The fourth-order valence-electron chi connectivity index (χ4n) is 1.44. The molecule has 0 unspecified atom stereocenters. The largest absolute Gasteiger partial charge is 0.506 e. The molecule has 1 amide bonds. The number of amides is 1. The van der Waals surface area contributed by atoms with Gasteiger partial charge in [-0.1, -0.05) is 6.07 Å². The summed E-state index contributed by atoms with van der Waals surface area (Å²) in [6, 6.07) is 5.16. The lowest BCUT2D eigenvalue weighted by Gasteiger charge is -2.09. The van der Waals surface area contributed by atoms with Gasteiger partial charge in [-0.05, 0) is 25.0 Å². The van der Waals surface area contributed by atoms with E-state index < -0.39 is 0 Å². The van der Waals surface area contributed by atoms with E-state index in [9.17, 15) is 9.90 Å². The van der Waals surface area contributed by atoms with E-state index in [1.807, 2.05) is 0 Å². The number of rotatable bonds is 5. The van der Waals surface area contributed by atoms with Crippen LogP contribution in [0.5, 0.6) is 11.5 Å². The summed E-state index contributed by atoms with van der Waals surface area (Å²) in [6.07, 6.45) is 2.45. The Labute approximate surface area is 99.6 Å². The van der Waals surface area contributed by atoms with Crippen molar-refractivity contribution in [2.24, 2.45) is 0 Å². The Morgan fingerprint density at radius 3 is 3.00 bits per heavy atom. The number of carbonyl (C=O) groups is 1. The van der Waals surface area contributed by atoms with Crippen molar-refractivity contribution in [1.82, 2.24) is 5.32 Å². The summed E-state index contributed by atoms with van der Waals surface area (Å²) in [5.74, 6) is 0.389. The molecule has 1 aliphatic rings. The Morgan fingerprint density at radius 2 is 2.29 bits per heavy atom. The van der Waals surface area contributed by atoms with Gasteiger partial charge in [-0.25, -0.2) is 0 Å². The van der Waals surface area contributed by atoms with Crippen LogP contribution in [-0.2, 0) is 4.79 Å². The first-order chi connectivity index (χ1) is 8.16. The Hall–Kier alpha value is -1.91. The first-order valence-electron chi connectivity index (χ1n) is 5.66. The lowest BCUT2D eigenvalue weighted by atomic mass is 10.3. The minimum atomic E-state index is -0.00932. The number of hydrogen-bond donors (Lipinski definition) is 3. The van der Waals surface area contributed by atoms with Gasteiger partial charge in [0.15, 0.2) is 0 Å². The number of nitrogen functional groups attached to an aromatic ring is 1. The van der Waals surface area contributed by atoms with Gasteiger partial charge >= 0.3 is 0 Å². The molecule has 0 aliphatic heterocycles. The molecule has 0 aromatic heterocycles. The zero-order valence-electron chi connectivity index (χ0n) is 9.48. The fraction of sp³-hybridized carbons (Fsp3) is 0.417. The maximum absolute atomic E-state index is 11.4. The Morgan fingerprint density at radius 1 is 1.53 bits per heavy atom. The predicted molar refractivity (Wildman–Crippen MR) is 63.8 cm³/mol. The van der Waals surface area contributed by atoms with E-state index in [0.29, 0.717) is 18.2 Å². The van der Waals surface area contributed by atoms with Crippen molar-refractivity contribution in [3.63, 3.8) is 0 Å². The van der Waals surface area contributed by atoms with Gasteiger partial charge in [0.25, 0.3) is 0 Å². The Balaban J connectivity index is 1.77. The number of aromatic hydroxyl groups is 1. The normalized spacial score (nSPS) is 14.4. The molecule has 0 atom stereocenters. The van der Waals surface area contributed by atoms with Crippen LogP contribution in [0, 0.1) is 0 Å². The number of carbonyl (C=O) groups excluding carboxylic acids is 1. The number of ether oxygens (including phenoxy) is 1. The molecule has 5 nitrogen and oxygen atoms in total. The van der Waals surface area contributed by atoms with E-state index in [2.05, 4.69) is 5.32 Å². The van der Waals surface area contributed by atoms with Gasteiger partial charge in [-0.3, -0.25) is 4.79 Å². The first-order valence-corrected chi connectivity index (χ1v) is 5.66. The molecule has 0 saturated heterocycles. The van der Waals surface area contributed by atoms with Crippen LogP contribution in [0.1, 0.15) is 19.3 Å². The molecule has 1 aliphatic carbocycles. The summed E-state index contributed by atoms with van der Waals surface area (Å²) in [5, 5.41) is 12.2. The monoisotopic (exact) mass is 236 g/mol. The molecule has 92 valence electrons. The molecule has 0 heterocycles. The number of phenols is 1. The Kier molecular flexibility index (Phi) is 3.37. The van der Waals surface area contributed by atoms with Crippen molar-refractivity contribution >= 4 is 11.6 Å². The van der Waals surface area contributed by atoms with Crippen molar-refractivity contribution in [3.05, 3.63) is 18.2 Å². The highest BCUT2D eigenvalue weighted by Gasteiger charge is 2.22. The highest BCUT2D eigenvalue weighted by molar-refractivity contribution is 5.76. The third-order valence-corrected chi connectivity index (χ3v) is 2.57. The van der Waals surface area contributed by atoms with E-state index in [0.717, 1.165) is 12.8 Å². The molecule has 5 heteroatoms. The molecule has 0 spiro atoms. The summed E-state index contributed by atoms with van der Waals surface area (Å²) in [4.78, 5) is 11.4. The van der Waals surface area contributed by atoms with Crippen LogP contribution >= 0.6 is 0 Å². The van der Waals surface area contributed by atoms with Crippen molar-refractivity contribution in [2.45, 2.75) is 25.3 Å². The van der Waals surface area contributed by atoms with E-state index in [1.165, 1.54) is 6.07 Å². The average molecular weight is 236 g/mol. The zero-order chi connectivity index (χ0) is 12.3. The number of hydrogen-bond acceptors (Lipinski definition) is 4. The van der Waals surface area contributed by atoms with Crippen LogP contribution in [0.2, 0.25) is 0 Å². The second-order valence-corrected chi connectivity index (χ2v) is 4.13. The summed E-state index contributed by atoms with van der Waals surface area (Å²) < 4.78 is 5.34. The summed E-state index contributed by atoms with van der Waals surface area (Å²) in [5.41, 5.74) is 5.82. The number of nitrogens with two attached hydrogens (primary N) is 1. The van der Waals surface area contributed by atoms with Crippen molar-refractivity contribution in [3.8, 4) is 11.5 Å². The lowest BCUT2D eigenvalue weighted by Crippen LogP contribution is -2.26. The van der Waals surface area contributed by atoms with Crippen LogP contribution in [-0.4, -0.2) is 23.7 Å². The molecule has 0 radical (unpaired) electrons. The standard InChI is InChI=1S/C12H16N2O3/c13-12-9(15)2-1-3-10(12)17-7-6-11(16)14-8-4-5-8/h1-3,8,15H,4-7,13H2,(H,14,16). The first kappa shape index (κ1) is 11.6. The van der Waals surface area contributed by atoms with E-state index in [4.69, 9.17) is 10.5 Å². The highest BCUT2D eigenvalue weighted by Crippen LogP contribution is 2.29. The number of para-hydroxylation sites is 1. The molecule has 0 bridgehead atoms. The highest BCUT2D eigenvalue weighted by atomic mass is 16.5. The van der Waals surface area contributed by atoms with Gasteiger partial charge in [0, 0.05) is 6.04 Å². The molecule has 2 rings (SSSR count). The third-order valence-electron chi connectivity index (χ3n) is 2.57. The number of nitrogens with one attached hydrogen (secondary N) is 1. The zero-order valence-corrected chi connectivity index (χ0v) is 9.48. The van der Waals surface area contributed by atoms with Crippen LogP contribution in [0.3, 0.4) is 0 Å². The second-order valence-electron chi connectivity index (χ2n) is 4.13. The quantitative estimate of drug-likeness (QED) is 0.526. The fourth-order valence-corrected chi connectivity index (χ4v) is 1.44. The second kappa shape index (κ2) is 4.95. The summed E-state index contributed by atoms with van der Waals surface area (Å²) in [6.45, 7) is 0.256. The maximum atomic E-state index is 11.4. The number of anilines is 1. The van der Waals surface area contributed by atoms with Crippen LogP contribution in [0.25, 0.3) is 0 Å². The minimum Gasteiger partial charge on any atom is -0.506 e. The smallest absolute Gasteiger partial charge is 0.223 e. The van der Waals surface area contributed by atoms with Gasteiger partial charge < -0.3 is 20.9 Å². The predicted octanol–water partition coefficient (Wildman–Crippen LogP) is 1.02. The van der Waals surface area contributed by atoms with Crippen LogP contribution in [0.4, 0.5) is 5.69 Å². The van der Waals surface area contributed by atoms with Gasteiger partial charge in [0.2, 0.25) is 5.91 Å². The van der Waals surface area contributed by atoms with Gasteiger partial charge in [-0.2, -0.15) is 0 Å². The molecule has 1 aromatic rings. The maximum Gasteiger partial charge on any atom is 0.223 e. The van der Waals surface area contributed by atoms with E-state index >= 15 is 0 Å². The number of benzene rings is 1. The molecule has 4 N–H and O–H groups in total. The molecule has 1 fully saturated rings. The van der Waals surface area contributed by atoms with Crippen LogP contribution in [0.15, 0.2) is 18.2 Å². The number of phenolic OH excluding ortho intramolecular Hbond substituents is 1. The molecule has 1 saturated carbocycles. The van der Waals surface area contributed by atoms with E-state index in [-0.39, 0.29) is 24.0 Å². The van der Waals surface area contributed by atoms with Crippen molar-refractivity contribution in [2.75, 3.05) is 12.3 Å². The van der Waals surface area contributed by atoms with Gasteiger partial charge in [0.05, 0.1) is 13.0 Å². The molecular weight excluding hydrogens is 220 g/mol. The van der Waals surface area contributed by atoms with Crippen molar-refractivity contribution in [1.29, 1.82) is 0 Å². The summed E-state index contributed by atoms with van der Waals surface area (Å²) in [7, 11) is 0. The average Bonchev–Trinajstić information content (AvgIpc) is 3.08. The minimum absolute atomic E-state index is 0.00813. The van der Waals surface area contributed by atoms with Gasteiger partial charge in [-0.15, -0.1) is 0 Å².